The largest absolute Gasteiger partial charge is 0.399 e. The third-order valence-corrected chi connectivity index (χ3v) is 1.56. The van der Waals surface area contributed by atoms with Crippen LogP contribution in [-0.2, 0) is 0 Å². The maximum Gasteiger partial charge on any atom is 0.0816 e. The van der Waals surface area contributed by atoms with Gasteiger partial charge in [0, 0.05) is 5.70 Å². The number of hydrogen-bond donors (Lipinski definition) is 3. The van der Waals surface area contributed by atoms with Gasteiger partial charge in [-0.05, 0) is 12.5 Å². The fourth-order valence-electron chi connectivity index (χ4n) is 0.658. The molecule has 1 aliphatic carbocycles. The number of allylic oxidation sites excluding steroid dienone is 1. The van der Waals surface area contributed by atoms with Gasteiger partial charge in [-0.25, -0.2) is 0 Å². The molecule has 0 aromatic rings. The van der Waals surface area contributed by atoms with Crippen molar-refractivity contribution >= 4 is 12.6 Å². The minimum absolute atomic E-state index is 0.483. The fourth-order valence-corrected chi connectivity index (χ4v) is 0.824. The van der Waals surface area contributed by atoms with Crippen LogP contribution in [0.5, 0.6) is 0 Å². The molecule has 0 radical (unpaired) electrons. The molecule has 0 aromatic heterocycles. The van der Waals surface area contributed by atoms with E-state index in [0.717, 1.165) is 5.70 Å². The van der Waals surface area contributed by atoms with E-state index in [0.29, 0.717) is 6.42 Å². The highest BCUT2D eigenvalue weighted by molar-refractivity contribution is 7.82. The summed E-state index contributed by atoms with van der Waals surface area (Å²) in [6, 6.07) is 0. The molecule has 0 amide bonds. The molecule has 2 nitrogen and oxygen atoms in total. The second-order valence-electron chi connectivity index (χ2n) is 2.23. The van der Waals surface area contributed by atoms with Gasteiger partial charge in [0.2, 0.25) is 0 Å². The summed E-state index contributed by atoms with van der Waals surface area (Å²) in [7, 11) is 0. The predicted octanol–water partition coefficient (Wildman–Crippen LogP) is 0.374. The van der Waals surface area contributed by atoms with Crippen LogP contribution in [0.1, 0.15) is 6.42 Å². The van der Waals surface area contributed by atoms with Gasteiger partial charge in [-0.2, -0.15) is 12.6 Å². The van der Waals surface area contributed by atoms with Crippen molar-refractivity contribution in [1.82, 2.24) is 0 Å². The molecule has 9 heavy (non-hydrogen) atoms. The number of thiol groups is 1. The van der Waals surface area contributed by atoms with Gasteiger partial charge < -0.3 is 11.5 Å². The van der Waals surface area contributed by atoms with Crippen LogP contribution in [0.2, 0.25) is 0 Å². The summed E-state index contributed by atoms with van der Waals surface area (Å²) in [6.07, 6.45) is 6.15. The average molecular weight is 142 g/mol. The van der Waals surface area contributed by atoms with Gasteiger partial charge in [0.15, 0.2) is 0 Å². The Bertz CT molecular complexity index is 170. The Hall–Kier alpha value is -0.410. The molecule has 1 atom stereocenters. The Labute approximate surface area is 60.0 Å². The summed E-state index contributed by atoms with van der Waals surface area (Å²) in [5.41, 5.74) is 11.8. The molecular weight excluding hydrogens is 132 g/mol. The van der Waals surface area contributed by atoms with E-state index in [4.69, 9.17) is 11.5 Å². The molecule has 3 heteroatoms. The Morgan fingerprint density at radius 3 is 2.67 bits per heavy atom. The molecular formula is C6H10N2S. The van der Waals surface area contributed by atoms with E-state index in [1.54, 1.807) is 12.2 Å². The molecule has 1 rings (SSSR count). The summed E-state index contributed by atoms with van der Waals surface area (Å²) in [4.78, 5) is -0.483. The molecule has 0 spiro atoms. The Balaban J connectivity index is 2.70. The summed E-state index contributed by atoms with van der Waals surface area (Å²) >= 11 is 4.15. The Morgan fingerprint density at radius 2 is 2.33 bits per heavy atom. The normalized spacial score (nSPS) is 34.2. The van der Waals surface area contributed by atoms with Crippen molar-refractivity contribution in [2.24, 2.45) is 11.5 Å². The highest BCUT2D eigenvalue weighted by atomic mass is 32.1. The fraction of sp³-hybridized carbons (Fsp3) is 0.333. The Morgan fingerprint density at radius 1 is 1.67 bits per heavy atom. The third kappa shape index (κ3) is 1.77. The lowest BCUT2D eigenvalue weighted by molar-refractivity contribution is 0.757. The van der Waals surface area contributed by atoms with E-state index in [9.17, 15) is 0 Å². The number of hydrogen-bond acceptors (Lipinski definition) is 3. The van der Waals surface area contributed by atoms with Crippen LogP contribution in [-0.4, -0.2) is 4.87 Å². The highest BCUT2D eigenvalue weighted by Crippen LogP contribution is 2.19. The molecule has 0 aromatic carbocycles. The van der Waals surface area contributed by atoms with Crippen LogP contribution >= 0.6 is 12.6 Å². The van der Waals surface area contributed by atoms with Gasteiger partial charge in [-0.1, -0.05) is 12.2 Å². The van der Waals surface area contributed by atoms with Crippen LogP contribution in [0.4, 0.5) is 0 Å². The standard InChI is InChI=1S/C6H10N2S/c7-5-1-3-6(8,9)4-2-5/h1-3,9H,4,7-8H2. The van der Waals surface area contributed by atoms with Crippen molar-refractivity contribution in [2.45, 2.75) is 11.3 Å². The van der Waals surface area contributed by atoms with Crippen molar-refractivity contribution in [2.75, 3.05) is 0 Å². The van der Waals surface area contributed by atoms with Crippen molar-refractivity contribution in [1.29, 1.82) is 0 Å². The van der Waals surface area contributed by atoms with E-state index in [-0.39, 0.29) is 0 Å². The van der Waals surface area contributed by atoms with E-state index in [2.05, 4.69) is 12.6 Å². The predicted molar refractivity (Wildman–Crippen MR) is 41.9 cm³/mol. The zero-order chi connectivity index (χ0) is 6.91. The van der Waals surface area contributed by atoms with Crippen molar-refractivity contribution in [3.8, 4) is 0 Å². The van der Waals surface area contributed by atoms with Gasteiger partial charge in [-0.15, -0.1) is 0 Å². The first-order chi connectivity index (χ1) is 4.10. The minimum atomic E-state index is -0.483. The average Bonchev–Trinajstić information content (AvgIpc) is 1.78. The first-order valence-electron chi connectivity index (χ1n) is 2.76. The van der Waals surface area contributed by atoms with Gasteiger partial charge in [0.25, 0.3) is 0 Å². The zero-order valence-corrected chi connectivity index (χ0v) is 5.94. The van der Waals surface area contributed by atoms with Gasteiger partial charge in [-0.3, -0.25) is 0 Å². The van der Waals surface area contributed by atoms with Crippen LogP contribution in [0.25, 0.3) is 0 Å². The molecule has 0 aliphatic heterocycles. The van der Waals surface area contributed by atoms with Gasteiger partial charge in [0.05, 0.1) is 4.87 Å². The SMILES string of the molecule is NC1=CCC(N)(S)C=C1. The van der Waals surface area contributed by atoms with E-state index < -0.39 is 4.87 Å². The van der Waals surface area contributed by atoms with Crippen molar-refractivity contribution in [3.05, 3.63) is 23.9 Å². The summed E-state index contributed by atoms with van der Waals surface area (Å²) in [5.74, 6) is 0. The molecule has 0 saturated heterocycles. The van der Waals surface area contributed by atoms with E-state index >= 15 is 0 Å². The Kier molecular flexibility index (Phi) is 1.55. The first-order valence-corrected chi connectivity index (χ1v) is 3.21. The molecule has 1 unspecified atom stereocenters. The topological polar surface area (TPSA) is 52.0 Å². The molecule has 50 valence electrons. The molecule has 0 fully saturated rings. The van der Waals surface area contributed by atoms with Crippen LogP contribution < -0.4 is 11.5 Å². The van der Waals surface area contributed by atoms with Crippen LogP contribution in [0.3, 0.4) is 0 Å². The second kappa shape index (κ2) is 2.08. The third-order valence-electron chi connectivity index (χ3n) is 1.23. The maximum absolute atomic E-state index is 5.62. The van der Waals surface area contributed by atoms with Gasteiger partial charge in [0.1, 0.15) is 0 Å². The smallest absolute Gasteiger partial charge is 0.0816 e. The minimum Gasteiger partial charge on any atom is -0.399 e. The first kappa shape index (κ1) is 6.71. The zero-order valence-electron chi connectivity index (χ0n) is 5.04. The monoisotopic (exact) mass is 142 g/mol. The molecule has 0 saturated carbocycles. The lowest BCUT2D eigenvalue weighted by Gasteiger charge is -2.19. The quantitative estimate of drug-likeness (QED) is 0.338. The summed E-state index contributed by atoms with van der Waals surface area (Å²) < 4.78 is 0. The number of rotatable bonds is 0. The molecule has 0 heterocycles. The van der Waals surface area contributed by atoms with Crippen molar-refractivity contribution in [3.63, 3.8) is 0 Å². The summed E-state index contributed by atoms with van der Waals surface area (Å²) in [5, 5.41) is 0. The van der Waals surface area contributed by atoms with Crippen molar-refractivity contribution < 1.29 is 0 Å². The second-order valence-corrected chi connectivity index (χ2v) is 3.07. The molecule has 4 N–H and O–H groups in total. The summed E-state index contributed by atoms with van der Waals surface area (Å²) in [6.45, 7) is 0. The van der Waals surface area contributed by atoms with E-state index in [1.165, 1.54) is 0 Å². The van der Waals surface area contributed by atoms with Crippen LogP contribution in [0.15, 0.2) is 23.9 Å². The van der Waals surface area contributed by atoms with E-state index in [1.807, 2.05) is 6.08 Å². The molecule has 0 bridgehead atoms. The van der Waals surface area contributed by atoms with Gasteiger partial charge >= 0.3 is 0 Å². The number of nitrogens with two attached hydrogens (primary N) is 2. The van der Waals surface area contributed by atoms with Crippen LogP contribution in [0, 0.1) is 0 Å². The molecule has 1 aliphatic rings. The lowest BCUT2D eigenvalue weighted by atomic mass is 10.1. The highest BCUT2D eigenvalue weighted by Gasteiger charge is 2.15. The lowest BCUT2D eigenvalue weighted by Crippen LogP contribution is -2.31. The maximum atomic E-state index is 5.62.